The van der Waals surface area contributed by atoms with Crippen molar-refractivity contribution in [3.05, 3.63) is 40.4 Å². The molecule has 1 rings (SSSR count). The Bertz CT molecular complexity index is 463. The Kier molecular flexibility index (Phi) is 5.68. The fraction of sp³-hybridized carbons (Fsp3) is 0.167. The summed E-state index contributed by atoms with van der Waals surface area (Å²) in [6.07, 6.45) is 2.92. The van der Waals surface area contributed by atoms with Gasteiger partial charge in [-0.15, -0.1) is 0 Å². The number of ether oxygens (including phenoxy) is 1. The molecule has 1 aromatic rings. The second kappa shape index (κ2) is 7.03. The average Bonchev–Trinajstić information content (AvgIpc) is 2.27. The van der Waals surface area contributed by atoms with E-state index in [0.717, 1.165) is 0 Å². The van der Waals surface area contributed by atoms with Crippen LogP contribution in [0, 0.1) is 0 Å². The van der Waals surface area contributed by atoms with E-state index < -0.39 is 5.97 Å². The lowest BCUT2D eigenvalue weighted by molar-refractivity contribution is -0.140. The predicted octanol–water partition coefficient (Wildman–Crippen LogP) is 3.46. The highest BCUT2D eigenvalue weighted by Gasteiger charge is 2.08. The van der Waals surface area contributed by atoms with Gasteiger partial charge >= 0.3 is 5.97 Å². The number of halogens is 2. The SMILES string of the molecule is C=CCOc1c(Cl)cc(C=NOC(C)=O)cc1Cl. The van der Waals surface area contributed by atoms with Crippen LogP contribution < -0.4 is 4.74 Å². The molecule has 96 valence electrons. The lowest BCUT2D eigenvalue weighted by atomic mass is 10.2. The molecule has 0 saturated carbocycles. The molecule has 18 heavy (non-hydrogen) atoms. The van der Waals surface area contributed by atoms with Gasteiger partial charge in [0.15, 0.2) is 5.75 Å². The molecule has 0 unspecified atom stereocenters. The Labute approximate surface area is 115 Å². The highest BCUT2D eigenvalue weighted by Crippen LogP contribution is 2.33. The molecular weight excluding hydrogens is 277 g/mol. The first-order chi connectivity index (χ1) is 8.54. The number of carbonyl (C=O) groups is 1. The second-order valence-corrected chi connectivity index (χ2v) is 4.05. The van der Waals surface area contributed by atoms with Gasteiger partial charge in [0, 0.05) is 6.92 Å². The molecule has 0 bridgehead atoms. The van der Waals surface area contributed by atoms with Gasteiger partial charge < -0.3 is 9.57 Å². The summed E-state index contributed by atoms with van der Waals surface area (Å²) in [6, 6.07) is 3.19. The van der Waals surface area contributed by atoms with Crippen LogP contribution in [0.5, 0.6) is 5.75 Å². The third-order valence-corrected chi connectivity index (χ3v) is 2.31. The summed E-state index contributed by atoms with van der Waals surface area (Å²) in [5, 5.41) is 4.15. The monoisotopic (exact) mass is 287 g/mol. The summed E-state index contributed by atoms with van der Waals surface area (Å²) in [5.41, 5.74) is 0.595. The number of benzene rings is 1. The van der Waals surface area contributed by atoms with Crippen LogP contribution in [0.2, 0.25) is 10.0 Å². The zero-order valence-corrected chi connectivity index (χ0v) is 11.2. The Morgan fingerprint density at radius 2 is 2.06 bits per heavy atom. The van der Waals surface area contributed by atoms with Crippen LogP contribution in [0.1, 0.15) is 12.5 Å². The number of hydrogen-bond donors (Lipinski definition) is 0. The third-order valence-electron chi connectivity index (χ3n) is 1.75. The zero-order valence-electron chi connectivity index (χ0n) is 9.65. The molecule has 0 radical (unpaired) electrons. The van der Waals surface area contributed by atoms with Crippen molar-refractivity contribution in [3.63, 3.8) is 0 Å². The Morgan fingerprint density at radius 3 is 2.56 bits per heavy atom. The highest BCUT2D eigenvalue weighted by atomic mass is 35.5. The molecule has 0 aliphatic rings. The van der Waals surface area contributed by atoms with E-state index in [9.17, 15) is 4.79 Å². The van der Waals surface area contributed by atoms with Gasteiger partial charge in [-0.1, -0.05) is 41.0 Å². The van der Waals surface area contributed by atoms with Crippen LogP contribution in [0.3, 0.4) is 0 Å². The van der Waals surface area contributed by atoms with E-state index in [0.29, 0.717) is 28.0 Å². The van der Waals surface area contributed by atoms with Gasteiger partial charge in [-0.25, -0.2) is 4.79 Å². The van der Waals surface area contributed by atoms with Gasteiger partial charge in [-0.2, -0.15) is 0 Å². The van der Waals surface area contributed by atoms with Gasteiger partial charge in [0.25, 0.3) is 0 Å². The minimum atomic E-state index is -0.505. The average molecular weight is 288 g/mol. The molecule has 0 fully saturated rings. The van der Waals surface area contributed by atoms with E-state index in [1.807, 2.05) is 0 Å². The summed E-state index contributed by atoms with van der Waals surface area (Å²) in [6.45, 7) is 5.09. The van der Waals surface area contributed by atoms with E-state index in [-0.39, 0.29) is 0 Å². The molecule has 0 aliphatic heterocycles. The van der Waals surface area contributed by atoms with Gasteiger partial charge in [-0.3, -0.25) is 0 Å². The zero-order chi connectivity index (χ0) is 13.5. The quantitative estimate of drug-likeness (QED) is 0.361. The normalized spacial score (nSPS) is 10.4. The van der Waals surface area contributed by atoms with Gasteiger partial charge in [0.05, 0.1) is 16.3 Å². The molecule has 0 saturated heterocycles. The van der Waals surface area contributed by atoms with Gasteiger partial charge in [-0.05, 0) is 17.7 Å². The molecule has 0 atom stereocenters. The molecule has 0 spiro atoms. The maximum absolute atomic E-state index is 10.5. The van der Waals surface area contributed by atoms with Crippen molar-refractivity contribution in [2.24, 2.45) is 5.16 Å². The number of hydrogen-bond acceptors (Lipinski definition) is 4. The summed E-state index contributed by atoms with van der Waals surface area (Å²) in [4.78, 5) is 14.9. The minimum absolute atomic E-state index is 0.306. The van der Waals surface area contributed by atoms with E-state index in [4.69, 9.17) is 27.9 Å². The molecule has 4 nitrogen and oxygen atoms in total. The number of carbonyl (C=O) groups excluding carboxylic acids is 1. The summed E-state index contributed by atoms with van der Waals surface area (Å²) in [5.74, 6) is -0.128. The van der Waals surface area contributed by atoms with Gasteiger partial charge in [0.1, 0.15) is 6.61 Å². The van der Waals surface area contributed by atoms with Crippen LogP contribution in [0.4, 0.5) is 0 Å². The lowest BCUT2D eigenvalue weighted by Gasteiger charge is -2.08. The van der Waals surface area contributed by atoms with Crippen molar-refractivity contribution in [3.8, 4) is 5.75 Å². The minimum Gasteiger partial charge on any atom is -0.486 e. The molecule has 0 heterocycles. The summed E-state index contributed by atoms with van der Waals surface area (Å²) >= 11 is 12.0. The van der Waals surface area contributed by atoms with Crippen molar-refractivity contribution < 1.29 is 14.4 Å². The Morgan fingerprint density at radius 1 is 1.44 bits per heavy atom. The fourth-order valence-electron chi connectivity index (χ4n) is 1.10. The first-order valence-electron chi connectivity index (χ1n) is 4.98. The summed E-state index contributed by atoms with van der Waals surface area (Å²) < 4.78 is 5.30. The molecule has 6 heteroatoms. The van der Waals surface area contributed by atoms with Crippen LogP contribution in [-0.2, 0) is 9.63 Å². The largest absolute Gasteiger partial charge is 0.486 e. The molecule has 0 amide bonds. The van der Waals surface area contributed by atoms with Gasteiger partial charge in [0.2, 0.25) is 0 Å². The first kappa shape index (κ1) is 14.5. The predicted molar refractivity (Wildman–Crippen MR) is 71.5 cm³/mol. The van der Waals surface area contributed by atoms with Crippen molar-refractivity contribution in [2.75, 3.05) is 6.61 Å². The van der Waals surface area contributed by atoms with Crippen LogP contribution in [-0.4, -0.2) is 18.8 Å². The van der Waals surface area contributed by atoms with Crippen molar-refractivity contribution in [1.29, 1.82) is 0 Å². The maximum atomic E-state index is 10.5. The topological polar surface area (TPSA) is 47.9 Å². The van der Waals surface area contributed by atoms with E-state index in [2.05, 4.69) is 16.6 Å². The van der Waals surface area contributed by atoms with E-state index in [1.54, 1.807) is 18.2 Å². The van der Waals surface area contributed by atoms with Crippen LogP contribution >= 0.6 is 23.2 Å². The smallest absolute Gasteiger partial charge is 0.331 e. The van der Waals surface area contributed by atoms with Crippen LogP contribution in [0.25, 0.3) is 0 Å². The maximum Gasteiger partial charge on any atom is 0.331 e. The lowest BCUT2D eigenvalue weighted by Crippen LogP contribution is -1.96. The van der Waals surface area contributed by atoms with E-state index >= 15 is 0 Å². The van der Waals surface area contributed by atoms with E-state index in [1.165, 1.54) is 13.1 Å². The molecular formula is C12H11Cl2NO3. The first-order valence-corrected chi connectivity index (χ1v) is 5.74. The Balaban J connectivity index is 2.88. The Hall–Kier alpha value is -1.52. The number of oxime groups is 1. The summed E-state index contributed by atoms with van der Waals surface area (Å²) in [7, 11) is 0. The molecule has 0 aliphatic carbocycles. The molecule has 0 N–H and O–H groups in total. The number of nitrogens with zero attached hydrogens (tertiary/aromatic N) is 1. The molecule has 0 aromatic heterocycles. The van der Waals surface area contributed by atoms with Crippen molar-refractivity contribution >= 4 is 35.4 Å². The standard InChI is InChI=1S/C12H11Cl2NO3/c1-3-4-17-12-10(13)5-9(6-11(12)14)7-15-18-8(2)16/h3,5-7H,1,4H2,2H3. The van der Waals surface area contributed by atoms with Crippen LogP contribution in [0.15, 0.2) is 29.9 Å². The second-order valence-electron chi connectivity index (χ2n) is 3.23. The van der Waals surface area contributed by atoms with Crippen molar-refractivity contribution in [1.82, 2.24) is 0 Å². The third kappa shape index (κ3) is 4.39. The fourth-order valence-corrected chi connectivity index (χ4v) is 1.71. The molecule has 1 aromatic carbocycles. The number of rotatable bonds is 5. The highest BCUT2D eigenvalue weighted by molar-refractivity contribution is 6.37. The van der Waals surface area contributed by atoms with Crippen molar-refractivity contribution in [2.45, 2.75) is 6.92 Å².